The van der Waals surface area contributed by atoms with Crippen molar-refractivity contribution in [3.05, 3.63) is 0 Å². The van der Waals surface area contributed by atoms with Crippen LogP contribution in [-0.2, 0) is 10.0 Å². The Bertz CT molecular complexity index is 292. The van der Waals surface area contributed by atoms with Crippen molar-refractivity contribution in [1.29, 1.82) is 0 Å². The van der Waals surface area contributed by atoms with Crippen molar-refractivity contribution in [3.8, 4) is 0 Å². The topological polar surface area (TPSA) is 58.2 Å². The average molecular weight is 271 g/mol. The van der Waals surface area contributed by atoms with E-state index < -0.39 is 10.0 Å². The second kappa shape index (κ2) is 6.19. The van der Waals surface area contributed by atoms with Gasteiger partial charge in [0.25, 0.3) is 0 Å². The summed E-state index contributed by atoms with van der Waals surface area (Å²) in [5, 5.41) is 3.22. The van der Waals surface area contributed by atoms with Crippen molar-refractivity contribution < 1.29 is 8.42 Å². The summed E-state index contributed by atoms with van der Waals surface area (Å²) in [7, 11) is -3.10. The Balaban J connectivity index is 0.00000225. The Morgan fingerprint density at radius 1 is 1.38 bits per heavy atom. The Kier molecular flexibility index (Phi) is 6.25. The van der Waals surface area contributed by atoms with Crippen LogP contribution in [-0.4, -0.2) is 33.8 Å². The minimum atomic E-state index is -3.10. The van der Waals surface area contributed by atoms with Gasteiger partial charge in [0.05, 0.1) is 5.75 Å². The van der Waals surface area contributed by atoms with Gasteiger partial charge in [-0.25, -0.2) is 13.1 Å². The fourth-order valence-electron chi connectivity index (χ4n) is 1.75. The van der Waals surface area contributed by atoms with Crippen molar-refractivity contribution in [3.63, 3.8) is 0 Å². The van der Waals surface area contributed by atoms with Gasteiger partial charge in [-0.15, -0.1) is 12.4 Å². The maximum absolute atomic E-state index is 11.7. The number of hydrogen-bond donors (Lipinski definition) is 2. The molecule has 2 N–H and O–H groups in total. The molecule has 0 spiro atoms. The molecule has 1 fully saturated rings. The van der Waals surface area contributed by atoms with Gasteiger partial charge in [0, 0.05) is 6.54 Å². The third kappa shape index (κ3) is 6.68. The van der Waals surface area contributed by atoms with Crippen LogP contribution in [0.25, 0.3) is 0 Å². The van der Waals surface area contributed by atoms with Crippen molar-refractivity contribution >= 4 is 22.4 Å². The predicted octanol–water partition coefficient (Wildman–Crippen LogP) is 0.983. The fraction of sp³-hybridized carbons (Fsp3) is 1.00. The van der Waals surface area contributed by atoms with E-state index in [4.69, 9.17) is 0 Å². The van der Waals surface area contributed by atoms with E-state index in [1.54, 1.807) is 0 Å². The van der Waals surface area contributed by atoms with Crippen LogP contribution in [0, 0.1) is 11.3 Å². The normalized spacial score (nSPS) is 21.8. The minimum absolute atomic E-state index is 0. The van der Waals surface area contributed by atoms with Gasteiger partial charge < -0.3 is 5.32 Å². The molecule has 16 heavy (non-hydrogen) atoms. The minimum Gasteiger partial charge on any atom is -0.316 e. The molecule has 0 aromatic heterocycles. The zero-order valence-corrected chi connectivity index (χ0v) is 11.9. The zero-order valence-electron chi connectivity index (χ0n) is 10.2. The van der Waals surface area contributed by atoms with Crippen LogP contribution in [0.3, 0.4) is 0 Å². The summed E-state index contributed by atoms with van der Waals surface area (Å²) in [4.78, 5) is 0. The number of hydrogen-bond acceptors (Lipinski definition) is 3. The first-order valence-corrected chi connectivity index (χ1v) is 7.12. The summed E-state index contributed by atoms with van der Waals surface area (Å²) in [5.41, 5.74) is -0.181. The van der Waals surface area contributed by atoms with Crippen molar-refractivity contribution in [2.24, 2.45) is 11.3 Å². The van der Waals surface area contributed by atoms with E-state index in [1.165, 1.54) is 0 Å². The largest absolute Gasteiger partial charge is 0.316 e. The molecule has 0 aromatic carbocycles. The number of nitrogens with one attached hydrogen (secondary N) is 2. The molecule has 1 atom stereocenters. The molecule has 0 radical (unpaired) electrons. The van der Waals surface area contributed by atoms with Crippen LogP contribution >= 0.6 is 12.4 Å². The third-order valence-electron chi connectivity index (χ3n) is 2.38. The monoisotopic (exact) mass is 270 g/mol. The Morgan fingerprint density at radius 3 is 2.44 bits per heavy atom. The highest BCUT2D eigenvalue weighted by Gasteiger charge is 2.23. The summed E-state index contributed by atoms with van der Waals surface area (Å²) in [6.45, 7) is 8.31. The van der Waals surface area contributed by atoms with Crippen LogP contribution in [0.15, 0.2) is 0 Å². The van der Waals surface area contributed by atoms with Gasteiger partial charge in [0.2, 0.25) is 10.0 Å². The van der Waals surface area contributed by atoms with Gasteiger partial charge in [0.1, 0.15) is 0 Å². The van der Waals surface area contributed by atoms with Crippen molar-refractivity contribution in [2.45, 2.75) is 27.2 Å². The van der Waals surface area contributed by atoms with E-state index in [1.807, 2.05) is 20.8 Å². The van der Waals surface area contributed by atoms with Gasteiger partial charge in [-0.3, -0.25) is 0 Å². The molecule has 1 aliphatic heterocycles. The first-order valence-electron chi connectivity index (χ1n) is 5.47. The smallest absolute Gasteiger partial charge is 0.212 e. The van der Waals surface area contributed by atoms with E-state index >= 15 is 0 Å². The Morgan fingerprint density at radius 2 is 2.00 bits per heavy atom. The summed E-state index contributed by atoms with van der Waals surface area (Å²) < 4.78 is 26.0. The van der Waals surface area contributed by atoms with E-state index in [0.717, 1.165) is 19.5 Å². The highest BCUT2D eigenvalue weighted by atomic mass is 35.5. The van der Waals surface area contributed by atoms with Gasteiger partial charge >= 0.3 is 0 Å². The maximum Gasteiger partial charge on any atom is 0.212 e. The predicted molar refractivity (Wildman–Crippen MR) is 69.5 cm³/mol. The van der Waals surface area contributed by atoms with E-state index in [9.17, 15) is 8.42 Å². The molecule has 0 aromatic rings. The molecule has 0 bridgehead atoms. The number of rotatable bonds is 4. The standard InChI is InChI=1S/C10H22N2O2S.ClH/c1-10(2,3)8-15(13,14)12-7-9-4-5-11-6-9;/h9,11-12H,4-8H2,1-3H3;1H. The second-order valence-corrected chi connectivity index (χ2v) is 7.33. The van der Waals surface area contributed by atoms with E-state index in [-0.39, 0.29) is 23.6 Å². The first-order chi connectivity index (χ1) is 6.79. The highest BCUT2D eigenvalue weighted by Crippen LogP contribution is 2.15. The molecule has 1 aliphatic rings. The van der Waals surface area contributed by atoms with Crippen LogP contribution in [0.1, 0.15) is 27.2 Å². The highest BCUT2D eigenvalue weighted by molar-refractivity contribution is 7.89. The molecule has 1 heterocycles. The number of halogens is 1. The van der Waals surface area contributed by atoms with Crippen LogP contribution in [0.2, 0.25) is 0 Å². The van der Waals surface area contributed by atoms with Gasteiger partial charge in [-0.2, -0.15) is 0 Å². The summed E-state index contributed by atoms with van der Waals surface area (Å²) in [5.74, 6) is 0.653. The lowest BCUT2D eigenvalue weighted by Crippen LogP contribution is -2.35. The molecular weight excluding hydrogens is 248 g/mol. The van der Waals surface area contributed by atoms with Gasteiger partial charge in [0.15, 0.2) is 0 Å². The Labute approximate surface area is 105 Å². The average Bonchev–Trinajstić information content (AvgIpc) is 2.47. The summed E-state index contributed by atoms with van der Waals surface area (Å²) in [6.07, 6.45) is 1.07. The van der Waals surface area contributed by atoms with E-state index in [0.29, 0.717) is 12.5 Å². The van der Waals surface area contributed by atoms with Gasteiger partial charge in [-0.1, -0.05) is 20.8 Å². The molecule has 1 rings (SSSR count). The lowest BCUT2D eigenvalue weighted by atomic mass is 10.0. The second-order valence-electron chi connectivity index (χ2n) is 5.53. The lowest BCUT2D eigenvalue weighted by Gasteiger charge is -2.19. The molecule has 0 saturated carbocycles. The molecule has 6 heteroatoms. The van der Waals surface area contributed by atoms with Crippen LogP contribution < -0.4 is 10.0 Å². The third-order valence-corrected chi connectivity index (χ3v) is 4.23. The zero-order chi connectivity index (χ0) is 11.5. The summed E-state index contributed by atoms with van der Waals surface area (Å²) in [6, 6.07) is 0. The van der Waals surface area contributed by atoms with Gasteiger partial charge in [-0.05, 0) is 30.8 Å². The molecule has 1 saturated heterocycles. The van der Waals surface area contributed by atoms with Crippen molar-refractivity contribution in [1.82, 2.24) is 10.0 Å². The lowest BCUT2D eigenvalue weighted by molar-refractivity contribution is 0.454. The molecule has 0 aliphatic carbocycles. The molecule has 4 nitrogen and oxygen atoms in total. The quantitative estimate of drug-likeness (QED) is 0.801. The van der Waals surface area contributed by atoms with Crippen LogP contribution in [0.5, 0.6) is 0 Å². The molecule has 1 unspecified atom stereocenters. The van der Waals surface area contributed by atoms with Crippen molar-refractivity contribution in [2.75, 3.05) is 25.4 Å². The van der Waals surface area contributed by atoms with Crippen LogP contribution in [0.4, 0.5) is 0 Å². The SMILES string of the molecule is CC(C)(C)CS(=O)(=O)NCC1CCNC1.Cl. The Hall–Kier alpha value is 0.160. The summed E-state index contributed by atoms with van der Waals surface area (Å²) >= 11 is 0. The van der Waals surface area contributed by atoms with E-state index in [2.05, 4.69) is 10.0 Å². The maximum atomic E-state index is 11.7. The number of sulfonamides is 1. The molecule has 98 valence electrons. The first kappa shape index (κ1) is 16.2. The fourth-order valence-corrected chi connectivity index (χ4v) is 3.49. The molecular formula is C10H23ClN2O2S. The molecule has 0 amide bonds.